The Morgan fingerprint density at radius 1 is 1.56 bits per heavy atom. The van der Waals surface area contributed by atoms with Gasteiger partial charge in [0.2, 0.25) is 0 Å². The van der Waals surface area contributed by atoms with Crippen molar-refractivity contribution in [3.8, 4) is 0 Å². The van der Waals surface area contributed by atoms with Gasteiger partial charge in [0, 0.05) is 18.6 Å². The minimum absolute atomic E-state index is 0.775. The van der Waals surface area contributed by atoms with Gasteiger partial charge in [-0.25, -0.2) is 0 Å². The number of nitrogens with zero attached hydrogens (tertiary/aromatic N) is 1. The van der Waals surface area contributed by atoms with Gasteiger partial charge in [-0.15, -0.1) is 6.58 Å². The Morgan fingerprint density at radius 3 is 2.78 bits per heavy atom. The molecule has 9 heavy (non-hydrogen) atoms. The zero-order valence-electron chi connectivity index (χ0n) is 5.51. The second kappa shape index (κ2) is 3.23. The van der Waals surface area contributed by atoms with E-state index in [-0.39, 0.29) is 0 Å². The van der Waals surface area contributed by atoms with Crippen molar-refractivity contribution in [2.24, 2.45) is 4.99 Å². The minimum Gasteiger partial charge on any atom is -0.289 e. The van der Waals surface area contributed by atoms with Gasteiger partial charge in [-0.05, 0) is 0 Å². The van der Waals surface area contributed by atoms with Crippen LogP contribution in [0.3, 0.4) is 0 Å². The van der Waals surface area contributed by atoms with E-state index in [1.165, 1.54) is 5.71 Å². The number of aliphatic imine (C=N–C) groups is 1. The molecule has 0 saturated carbocycles. The van der Waals surface area contributed by atoms with Gasteiger partial charge in [-0.3, -0.25) is 4.99 Å². The Bertz CT molecular complexity index is 144. The lowest BCUT2D eigenvalue weighted by molar-refractivity contribution is 1.21. The average Bonchev–Trinajstić information content (AvgIpc) is 2.34. The summed E-state index contributed by atoms with van der Waals surface area (Å²) in [5, 5.41) is 0. The van der Waals surface area contributed by atoms with E-state index < -0.39 is 0 Å². The van der Waals surface area contributed by atoms with E-state index in [2.05, 4.69) is 23.7 Å². The van der Waals surface area contributed by atoms with Crippen molar-refractivity contribution in [3.05, 3.63) is 24.8 Å². The summed E-state index contributed by atoms with van der Waals surface area (Å²) in [6.07, 6.45) is 8.23. The standard InChI is InChI=1S/C8H11N/c1-2-7-9-8-5-3-4-6-8/h2-4H,1,5-7H2. The summed E-state index contributed by atoms with van der Waals surface area (Å²) >= 11 is 0. The van der Waals surface area contributed by atoms with Crippen LogP contribution in [0.1, 0.15) is 12.8 Å². The van der Waals surface area contributed by atoms with Crippen LogP contribution in [-0.2, 0) is 0 Å². The summed E-state index contributed by atoms with van der Waals surface area (Å²) in [4.78, 5) is 4.28. The van der Waals surface area contributed by atoms with Gasteiger partial charge >= 0.3 is 0 Å². The van der Waals surface area contributed by atoms with Gasteiger partial charge in [-0.2, -0.15) is 0 Å². The lowest BCUT2D eigenvalue weighted by atomic mass is 10.3. The van der Waals surface area contributed by atoms with Crippen molar-refractivity contribution >= 4 is 5.71 Å². The van der Waals surface area contributed by atoms with Gasteiger partial charge in [-0.1, -0.05) is 18.2 Å². The van der Waals surface area contributed by atoms with Gasteiger partial charge in [0.1, 0.15) is 0 Å². The van der Waals surface area contributed by atoms with Gasteiger partial charge in [0.05, 0.1) is 6.54 Å². The molecule has 0 spiro atoms. The molecule has 0 aliphatic heterocycles. The van der Waals surface area contributed by atoms with E-state index in [1.54, 1.807) is 0 Å². The molecule has 1 aliphatic carbocycles. The third kappa shape index (κ3) is 1.84. The number of allylic oxidation sites excluding steroid dienone is 2. The van der Waals surface area contributed by atoms with Crippen LogP contribution < -0.4 is 0 Å². The summed E-state index contributed by atoms with van der Waals surface area (Å²) in [6.45, 7) is 4.37. The Balaban J connectivity index is 2.34. The fraction of sp³-hybridized carbons (Fsp3) is 0.375. The summed E-state index contributed by atoms with van der Waals surface area (Å²) in [5.41, 5.74) is 1.29. The number of rotatable bonds is 2. The zero-order chi connectivity index (χ0) is 6.53. The topological polar surface area (TPSA) is 12.4 Å². The first-order valence-corrected chi connectivity index (χ1v) is 3.21. The SMILES string of the molecule is C=CCN=C1CC=CC1. The van der Waals surface area contributed by atoms with Crippen molar-refractivity contribution in [1.82, 2.24) is 0 Å². The van der Waals surface area contributed by atoms with E-state index in [4.69, 9.17) is 0 Å². The first-order chi connectivity index (χ1) is 4.43. The van der Waals surface area contributed by atoms with E-state index in [0.29, 0.717) is 0 Å². The van der Waals surface area contributed by atoms with Crippen LogP contribution in [0.15, 0.2) is 29.8 Å². The number of hydrogen-bond acceptors (Lipinski definition) is 1. The molecule has 0 heterocycles. The third-order valence-electron chi connectivity index (χ3n) is 1.32. The molecule has 0 radical (unpaired) electrons. The molecule has 0 saturated heterocycles. The maximum absolute atomic E-state index is 4.28. The molecule has 0 unspecified atom stereocenters. The maximum atomic E-state index is 4.28. The molecular weight excluding hydrogens is 110 g/mol. The Morgan fingerprint density at radius 2 is 2.22 bits per heavy atom. The van der Waals surface area contributed by atoms with Crippen LogP contribution in [0, 0.1) is 0 Å². The maximum Gasteiger partial charge on any atom is 0.0567 e. The summed E-state index contributed by atoms with van der Waals surface area (Å²) in [7, 11) is 0. The smallest absolute Gasteiger partial charge is 0.0567 e. The van der Waals surface area contributed by atoms with Crippen LogP contribution in [0.5, 0.6) is 0 Å². The Hall–Kier alpha value is -0.850. The molecule has 0 aromatic heterocycles. The molecule has 48 valence electrons. The second-order valence-corrected chi connectivity index (χ2v) is 2.08. The van der Waals surface area contributed by atoms with E-state index in [0.717, 1.165) is 19.4 Å². The Labute approximate surface area is 55.8 Å². The average molecular weight is 121 g/mol. The molecule has 0 aromatic carbocycles. The molecule has 0 bridgehead atoms. The molecule has 0 N–H and O–H groups in total. The van der Waals surface area contributed by atoms with Crippen molar-refractivity contribution in [1.29, 1.82) is 0 Å². The van der Waals surface area contributed by atoms with Crippen LogP contribution in [0.4, 0.5) is 0 Å². The summed E-state index contributed by atoms with van der Waals surface area (Å²) < 4.78 is 0. The normalized spacial score (nSPS) is 16.2. The predicted molar refractivity (Wildman–Crippen MR) is 40.9 cm³/mol. The lowest BCUT2D eigenvalue weighted by Crippen LogP contribution is -1.89. The monoisotopic (exact) mass is 121 g/mol. The zero-order valence-corrected chi connectivity index (χ0v) is 5.51. The van der Waals surface area contributed by atoms with Crippen molar-refractivity contribution < 1.29 is 0 Å². The van der Waals surface area contributed by atoms with E-state index >= 15 is 0 Å². The number of hydrogen-bond donors (Lipinski definition) is 0. The molecule has 0 amide bonds. The first-order valence-electron chi connectivity index (χ1n) is 3.21. The molecule has 1 heteroatoms. The second-order valence-electron chi connectivity index (χ2n) is 2.08. The Kier molecular flexibility index (Phi) is 2.25. The van der Waals surface area contributed by atoms with E-state index in [9.17, 15) is 0 Å². The highest BCUT2D eigenvalue weighted by Gasteiger charge is 1.98. The molecule has 1 rings (SSSR count). The first kappa shape index (κ1) is 6.27. The fourth-order valence-corrected chi connectivity index (χ4v) is 0.845. The highest BCUT2D eigenvalue weighted by Crippen LogP contribution is 2.04. The van der Waals surface area contributed by atoms with Crippen molar-refractivity contribution in [2.45, 2.75) is 12.8 Å². The molecule has 1 aliphatic rings. The molecule has 0 atom stereocenters. The highest BCUT2D eigenvalue weighted by molar-refractivity contribution is 5.89. The highest BCUT2D eigenvalue weighted by atomic mass is 14.7. The van der Waals surface area contributed by atoms with Gasteiger partial charge < -0.3 is 0 Å². The summed E-state index contributed by atoms with van der Waals surface area (Å²) in [5.74, 6) is 0. The fourth-order valence-electron chi connectivity index (χ4n) is 0.845. The van der Waals surface area contributed by atoms with Crippen molar-refractivity contribution in [2.75, 3.05) is 6.54 Å². The molecular formula is C8H11N. The van der Waals surface area contributed by atoms with Gasteiger partial charge in [0.15, 0.2) is 0 Å². The third-order valence-corrected chi connectivity index (χ3v) is 1.32. The molecule has 0 fully saturated rings. The van der Waals surface area contributed by atoms with Crippen LogP contribution in [0.2, 0.25) is 0 Å². The molecule has 0 aromatic rings. The lowest BCUT2D eigenvalue weighted by Gasteiger charge is -1.90. The predicted octanol–water partition coefficient (Wildman–Crippen LogP) is 1.96. The summed E-state index contributed by atoms with van der Waals surface area (Å²) in [6, 6.07) is 0. The minimum atomic E-state index is 0.775. The molecule has 1 nitrogen and oxygen atoms in total. The van der Waals surface area contributed by atoms with Crippen molar-refractivity contribution in [3.63, 3.8) is 0 Å². The quantitative estimate of drug-likeness (QED) is 0.495. The van der Waals surface area contributed by atoms with Crippen LogP contribution >= 0.6 is 0 Å². The van der Waals surface area contributed by atoms with Crippen LogP contribution in [0.25, 0.3) is 0 Å². The van der Waals surface area contributed by atoms with Gasteiger partial charge in [0.25, 0.3) is 0 Å². The van der Waals surface area contributed by atoms with E-state index in [1.807, 2.05) is 6.08 Å². The van der Waals surface area contributed by atoms with Crippen LogP contribution in [-0.4, -0.2) is 12.3 Å². The largest absolute Gasteiger partial charge is 0.289 e.